The van der Waals surface area contributed by atoms with E-state index in [1.807, 2.05) is 0 Å². The number of benzene rings is 2. The molecule has 2 aromatic rings. The number of anilines is 1. The molecule has 148 valence electrons. The van der Waals surface area contributed by atoms with Gasteiger partial charge in [-0.15, -0.1) is 0 Å². The first-order chi connectivity index (χ1) is 13.4. The molecule has 3 rings (SSSR count). The Morgan fingerprint density at radius 2 is 1.82 bits per heavy atom. The number of carbonyl (C=O) groups excluding carboxylic acids is 2. The Kier molecular flexibility index (Phi) is 6.02. The van der Waals surface area contributed by atoms with Crippen LogP contribution >= 0.6 is 11.6 Å². The Morgan fingerprint density at radius 3 is 2.57 bits per heavy atom. The van der Waals surface area contributed by atoms with Crippen molar-refractivity contribution in [2.24, 2.45) is 0 Å². The zero-order valence-electron chi connectivity index (χ0n) is 14.9. The van der Waals surface area contributed by atoms with Crippen molar-refractivity contribution in [2.75, 3.05) is 11.4 Å². The first-order valence-corrected chi connectivity index (χ1v) is 10.6. The smallest absolute Gasteiger partial charge is 0.259 e. The number of hydrogen-bond donors (Lipinski definition) is 2. The molecule has 2 aromatic carbocycles. The molecule has 0 saturated carbocycles. The van der Waals surface area contributed by atoms with E-state index in [4.69, 9.17) is 16.8 Å². The van der Waals surface area contributed by atoms with E-state index < -0.39 is 21.7 Å². The number of hydroxylamine groups is 1. The zero-order valence-corrected chi connectivity index (χ0v) is 16.5. The van der Waals surface area contributed by atoms with Crippen LogP contribution in [-0.2, 0) is 14.6 Å². The topological polar surface area (TPSA) is 104 Å². The largest absolute Gasteiger partial charge is 0.307 e. The van der Waals surface area contributed by atoms with Crippen molar-refractivity contribution < 1.29 is 23.2 Å². The van der Waals surface area contributed by atoms with Crippen LogP contribution in [-0.4, -0.2) is 32.0 Å². The molecule has 0 fully saturated rings. The Morgan fingerprint density at radius 1 is 1.07 bits per heavy atom. The van der Waals surface area contributed by atoms with Crippen LogP contribution < -0.4 is 10.4 Å². The van der Waals surface area contributed by atoms with Gasteiger partial charge in [0.15, 0.2) is 0 Å². The van der Waals surface area contributed by atoms with Gasteiger partial charge in [0, 0.05) is 18.0 Å². The van der Waals surface area contributed by atoms with E-state index in [1.165, 1.54) is 35.2 Å². The number of amides is 2. The van der Waals surface area contributed by atoms with Crippen LogP contribution in [0.5, 0.6) is 0 Å². The quantitative estimate of drug-likeness (QED) is 0.422. The number of nitrogens with one attached hydrogen (secondary N) is 1. The maximum absolute atomic E-state index is 13.1. The van der Waals surface area contributed by atoms with Crippen molar-refractivity contribution in [1.82, 2.24) is 5.48 Å². The van der Waals surface area contributed by atoms with Crippen molar-refractivity contribution in [3.8, 4) is 0 Å². The third-order valence-corrected chi connectivity index (χ3v) is 6.66. The van der Waals surface area contributed by atoms with E-state index in [-0.39, 0.29) is 34.0 Å². The van der Waals surface area contributed by atoms with Gasteiger partial charge in [-0.25, -0.2) is 13.9 Å². The molecular formula is C19H19ClN2O5S. The number of fused-ring (bicyclic) bond motifs is 2. The number of carbonyl (C=O) groups is 2. The lowest BCUT2D eigenvalue weighted by Crippen LogP contribution is -2.32. The molecule has 0 aromatic heterocycles. The summed E-state index contributed by atoms with van der Waals surface area (Å²) in [6.07, 6.45) is 1.88. The lowest BCUT2D eigenvalue weighted by atomic mass is 10.1. The summed E-state index contributed by atoms with van der Waals surface area (Å²) in [4.78, 5) is 25.7. The molecule has 7 nitrogen and oxygen atoms in total. The van der Waals surface area contributed by atoms with E-state index in [0.29, 0.717) is 24.3 Å². The van der Waals surface area contributed by atoms with E-state index in [9.17, 15) is 18.0 Å². The van der Waals surface area contributed by atoms with Gasteiger partial charge in [-0.05, 0) is 43.2 Å². The standard InChI is InChI=1S/C19H19ClN2O5S/c20-13-9-10-17-15(12-13)22(11-5-1-2-8-18(23)21-25)19(24)14-6-3-4-7-16(14)28(17,26)27/h3-4,6-7,9-10,12,25H,1-2,5,8,11H2,(H,21,23). The monoisotopic (exact) mass is 422 g/mol. The van der Waals surface area contributed by atoms with Gasteiger partial charge in [0.2, 0.25) is 15.7 Å². The summed E-state index contributed by atoms with van der Waals surface area (Å²) >= 11 is 6.08. The second-order valence-corrected chi connectivity index (χ2v) is 8.74. The molecule has 0 radical (unpaired) electrons. The second-order valence-electron chi connectivity index (χ2n) is 6.41. The highest BCUT2D eigenvalue weighted by Gasteiger charge is 2.35. The fourth-order valence-corrected chi connectivity index (χ4v) is 4.99. The van der Waals surface area contributed by atoms with Crippen molar-refractivity contribution in [3.05, 3.63) is 53.1 Å². The molecule has 0 spiro atoms. The summed E-state index contributed by atoms with van der Waals surface area (Å²) in [5, 5.41) is 8.85. The molecule has 0 aliphatic carbocycles. The van der Waals surface area contributed by atoms with Gasteiger partial charge in [0.05, 0.1) is 21.0 Å². The number of hydrogen-bond acceptors (Lipinski definition) is 5. The van der Waals surface area contributed by atoms with Gasteiger partial charge < -0.3 is 4.90 Å². The predicted molar refractivity (Wildman–Crippen MR) is 103 cm³/mol. The molecule has 0 bridgehead atoms. The third kappa shape index (κ3) is 3.89. The van der Waals surface area contributed by atoms with Crippen LogP contribution in [0.2, 0.25) is 5.02 Å². The molecule has 1 aliphatic heterocycles. The van der Waals surface area contributed by atoms with E-state index in [1.54, 1.807) is 17.6 Å². The number of sulfone groups is 1. The van der Waals surface area contributed by atoms with Crippen LogP contribution in [0.3, 0.4) is 0 Å². The summed E-state index contributed by atoms with van der Waals surface area (Å²) in [5.74, 6) is -0.878. The fraction of sp³-hybridized carbons (Fsp3) is 0.263. The minimum absolute atomic E-state index is 0.0225. The average molecular weight is 423 g/mol. The highest BCUT2D eigenvalue weighted by atomic mass is 35.5. The van der Waals surface area contributed by atoms with Gasteiger partial charge >= 0.3 is 0 Å². The average Bonchev–Trinajstić information content (AvgIpc) is 2.75. The van der Waals surface area contributed by atoms with Crippen LogP contribution in [0.4, 0.5) is 5.69 Å². The van der Waals surface area contributed by atoms with Crippen LogP contribution in [0.1, 0.15) is 36.0 Å². The fourth-order valence-electron chi connectivity index (χ4n) is 3.19. The molecule has 0 atom stereocenters. The summed E-state index contributed by atoms with van der Waals surface area (Å²) in [6, 6.07) is 10.5. The van der Waals surface area contributed by atoms with Crippen molar-refractivity contribution >= 4 is 38.9 Å². The Bertz CT molecular complexity index is 1020. The molecule has 9 heteroatoms. The number of unbranched alkanes of at least 4 members (excludes halogenated alkanes) is 2. The highest BCUT2D eigenvalue weighted by molar-refractivity contribution is 7.91. The Hall–Kier alpha value is -2.42. The van der Waals surface area contributed by atoms with Crippen LogP contribution in [0, 0.1) is 0 Å². The van der Waals surface area contributed by atoms with Crippen molar-refractivity contribution in [2.45, 2.75) is 35.5 Å². The number of rotatable bonds is 6. The molecular weight excluding hydrogens is 404 g/mol. The van der Waals surface area contributed by atoms with E-state index in [0.717, 1.165) is 0 Å². The minimum atomic E-state index is -3.87. The van der Waals surface area contributed by atoms with Gasteiger partial charge in [0.1, 0.15) is 0 Å². The first-order valence-electron chi connectivity index (χ1n) is 8.74. The molecule has 28 heavy (non-hydrogen) atoms. The summed E-state index contributed by atoms with van der Waals surface area (Å²) in [6.45, 7) is 0.275. The molecule has 0 unspecified atom stereocenters. The third-order valence-electron chi connectivity index (χ3n) is 4.56. The normalized spacial score (nSPS) is 14.8. The Balaban J connectivity index is 1.94. The van der Waals surface area contributed by atoms with Gasteiger partial charge in [0.25, 0.3) is 5.91 Å². The SMILES string of the molecule is O=C(CCCCCN1C(=O)c2ccccc2S(=O)(=O)c2ccc(Cl)cc21)NO. The second kappa shape index (κ2) is 8.30. The molecule has 1 aliphatic rings. The lowest BCUT2D eigenvalue weighted by Gasteiger charge is -2.23. The first kappa shape index (κ1) is 20.3. The highest BCUT2D eigenvalue weighted by Crippen LogP contribution is 2.38. The van der Waals surface area contributed by atoms with E-state index >= 15 is 0 Å². The lowest BCUT2D eigenvalue weighted by molar-refractivity contribution is -0.129. The Labute approximate surface area is 167 Å². The maximum Gasteiger partial charge on any atom is 0.259 e. The predicted octanol–water partition coefficient (Wildman–Crippen LogP) is 3.20. The van der Waals surface area contributed by atoms with Crippen molar-refractivity contribution in [3.63, 3.8) is 0 Å². The molecule has 2 amide bonds. The number of halogens is 1. The molecule has 1 heterocycles. The molecule has 2 N–H and O–H groups in total. The van der Waals surface area contributed by atoms with Gasteiger partial charge in [-0.1, -0.05) is 30.2 Å². The van der Waals surface area contributed by atoms with Gasteiger partial charge in [-0.2, -0.15) is 0 Å². The summed E-state index contributed by atoms with van der Waals surface area (Å²) in [7, 11) is -3.87. The maximum atomic E-state index is 13.1. The molecule has 0 saturated heterocycles. The summed E-state index contributed by atoms with van der Waals surface area (Å²) < 4.78 is 26.2. The van der Waals surface area contributed by atoms with Crippen molar-refractivity contribution in [1.29, 1.82) is 0 Å². The minimum Gasteiger partial charge on any atom is -0.307 e. The van der Waals surface area contributed by atoms with E-state index in [2.05, 4.69) is 0 Å². The summed E-state index contributed by atoms with van der Waals surface area (Å²) in [5.41, 5.74) is 1.95. The van der Waals surface area contributed by atoms with Crippen LogP contribution in [0.25, 0.3) is 0 Å². The zero-order chi connectivity index (χ0) is 20.3. The number of nitrogens with zero attached hydrogens (tertiary/aromatic N) is 1. The van der Waals surface area contributed by atoms with Crippen LogP contribution in [0.15, 0.2) is 52.3 Å². The van der Waals surface area contributed by atoms with Gasteiger partial charge in [-0.3, -0.25) is 14.8 Å².